The van der Waals surface area contributed by atoms with E-state index in [2.05, 4.69) is 10.3 Å². The van der Waals surface area contributed by atoms with Crippen molar-refractivity contribution in [1.29, 1.82) is 0 Å². The second-order valence-electron chi connectivity index (χ2n) is 6.05. The number of anilines is 1. The van der Waals surface area contributed by atoms with Gasteiger partial charge in [0.05, 0.1) is 10.5 Å². The van der Waals surface area contributed by atoms with Gasteiger partial charge in [0.15, 0.2) is 0 Å². The Labute approximate surface area is 124 Å². The van der Waals surface area contributed by atoms with Crippen LogP contribution in [-0.4, -0.2) is 28.2 Å². The van der Waals surface area contributed by atoms with Gasteiger partial charge in [-0.2, -0.15) is 0 Å². The summed E-state index contributed by atoms with van der Waals surface area (Å²) >= 11 is 0. The van der Waals surface area contributed by atoms with Crippen molar-refractivity contribution >= 4 is 11.5 Å². The molecule has 6 nitrogen and oxygen atoms in total. The molecule has 2 fully saturated rings. The van der Waals surface area contributed by atoms with E-state index in [1.165, 1.54) is 25.3 Å². The summed E-state index contributed by atoms with van der Waals surface area (Å²) in [5.74, 6) is 0.375. The molecule has 6 heteroatoms. The molecule has 0 amide bonds. The molecule has 1 aromatic heterocycles. The van der Waals surface area contributed by atoms with Crippen molar-refractivity contribution < 1.29 is 9.66 Å². The highest BCUT2D eigenvalue weighted by molar-refractivity contribution is 5.55. The first kappa shape index (κ1) is 14.3. The molecule has 0 aromatic carbocycles. The third-order valence-electron chi connectivity index (χ3n) is 4.58. The van der Waals surface area contributed by atoms with Crippen LogP contribution in [0.3, 0.4) is 0 Å². The molecular weight excluding hydrogens is 270 g/mol. The van der Waals surface area contributed by atoms with Gasteiger partial charge in [0.2, 0.25) is 5.82 Å². The Balaban J connectivity index is 1.71. The van der Waals surface area contributed by atoms with Crippen LogP contribution in [0.1, 0.15) is 44.9 Å². The van der Waals surface area contributed by atoms with Crippen molar-refractivity contribution in [3.63, 3.8) is 0 Å². The maximum absolute atomic E-state index is 11.1. The van der Waals surface area contributed by atoms with E-state index in [4.69, 9.17) is 4.74 Å². The minimum absolute atomic E-state index is 0.0161. The Morgan fingerprint density at radius 2 is 2.19 bits per heavy atom. The van der Waals surface area contributed by atoms with Crippen LogP contribution in [0.2, 0.25) is 0 Å². The molecule has 21 heavy (non-hydrogen) atoms. The molecule has 0 bridgehead atoms. The molecule has 1 atom stereocenters. The summed E-state index contributed by atoms with van der Waals surface area (Å²) in [7, 11) is 0. The second-order valence-corrected chi connectivity index (χ2v) is 6.05. The summed E-state index contributed by atoms with van der Waals surface area (Å²) in [5, 5.41) is 14.3. The molecule has 3 rings (SSSR count). The zero-order valence-electron chi connectivity index (χ0n) is 12.1. The Morgan fingerprint density at radius 1 is 1.38 bits per heavy atom. The summed E-state index contributed by atoms with van der Waals surface area (Å²) in [5.41, 5.74) is 0.0271. The van der Waals surface area contributed by atoms with E-state index in [0.717, 1.165) is 32.3 Å². The summed E-state index contributed by atoms with van der Waals surface area (Å²) in [4.78, 5) is 14.8. The number of nitrogens with zero attached hydrogens (tertiary/aromatic N) is 2. The van der Waals surface area contributed by atoms with Crippen molar-refractivity contribution in [3.8, 4) is 0 Å². The van der Waals surface area contributed by atoms with Crippen LogP contribution < -0.4 is 5.32 Å². The normalized spacial score (nSPS) is 24.7. The van der Waals surface area contributed by atoms with E-state index in [0.29, 0.717) is 5.82 Å². The molecule has 1 spiro atoms. The fourth-order valence-corrected chi connectivity index (χ4v) is 3.54. The van der Waals surface area contributed by atoms with Gasteiger partial charge in [-0.05, 0) is 31.7 Å². The second kappa shape index (κ2) is 5.97. The van der Waals surface area contributed by atoms with Crippen LogP contribution in [0.25, 0.3) is 0 Å². The number of rotatable bonds is 3. The lowest BCUT2D eigenvalue weighted by Crippen LogP contribution is -2.45. The van der Waals surface area contributed by atoms with Gasteiger partial charge in [-0.3, -0.25) is 10.1 Å². The van der Waals surface area contributed by atoms with Crippen LogP contribution in [0.15, 0.2) is 18.3 Å². The number of nitro groups is 1. The quantitative estimate of drug-likeness (QED) is 0.683. The third kappa shape index (κ3) is 3.15. The fraction of sp³-hybridized carbons (Fsp3) is 0.667. The lowest BCUT2D eigenvalue weighted by atomic mass is 9.78. The maximum Gasteiger partial charge on any atom is 0.311 e. The van der Waals surface area contributed by atoms with Crippen LogP contribution >= 0.6 is 0 Å². The van der Waals surface area contributed by atoms with Crippen molar-refractivity contribution in [2.45, 2.75) is 56.6 Å². The van der Waals surface area contributed by atoms with Crippen LogP contribution in [0.4, 0.5) is 11.5 Å². The molecule has 1 N–H and O–H groups in total. The van der Waals surface area contributed by atoms with Gasteiger partial charge in [-0.15, -0.1) is 0 Å². The van der Waals surface area contributed by atoms with Gasteiger partial charge < -0.3 is 10.1 Å². The molecule has 1 aliphatic heterocycles. The Bertz CT molecular complexity index is 509. The average molecular weight is 291 g/mol. The van der Waals surface area contributed by atoms with Crippen LogP contribution in [-0.2, 0) is 4.74 Å². The van der Waals surface area contributed by atoms with Crippen LogP contribution in [0, 0.1) is 10.1 Å². The molecule has 1 aliphatic carbocycles. The molecular formula is C15H21N3O3. The van der Waals surface area contributed by atoms with Crippen molar-refractivity contribution in [1.82, 2.24) is 4.98 Å². The van der Waals surface area contributed by atoms with Gasteiger partial charge >= 0.3 is 5.69 Å². The van der Waals surface area contributed by atoms with Gasteiger partial charge in [0.1, 0.15) is 0 Å². The molecule has 1 saturated carbocycles. The predicted octanol–water partition coefficient (Wildman–Crippen LogP) is 3.28. The van der Waals surface area contributed by atoms with E-state index in [9.17, 15) is 10.1 Å². The number of pyridine rings is 1. The van der Waals surface area contributed by atoms with Crippen LogP contribution in [0.5, 0.6) is 0 Å². The Morgan fingerprint density at radius 3 is 2.95 bits per heavy atom. The molecule has 2 aliphatic rings. The molecule has 1 aromatic rings. The highest BCUT2D eigenvalue weighted by atomic mass is 16.6. The van der Waals surface area contributed by atoms with Gasteiger partial charge in [0, 0.05) is 24.9 Å². The fourth-order valence-electron chi connectivity index (χ4n) is 3.54. The molecule has 0 radical (unpaired) electrons. The Hall–Kier alpha value is -1.69. The molecule has 1 saturated heterocycles. The number of aromatic nitrogens is 1. The number of ether oxygens (including phenoxy) is 1. The molecule has 2 heterocycles. The smallest absolute Gasteiger partial charge is 0.311 e. The topological polar surface area (TPSA) is 77.3 Å². The van der Waals surface area contributed by atoms with Gasteiger partial charge in [-0.1, -0.05) is 19.3 Å². The summed E-state index contributed by atoms with van der Waals surface area (Å²) in [6, 6.07) is 3.28. The first-order valence-corrected chi connectivity index (χ1v) is 7.68. The van der Waals surface area contributed by atoms with E-state index in [1.54, 1.807) is 12.3 Å². The monoisotopic (exact) mass is 291 g/mol. The van der Waals surface area contributed by atoms with Crippen molar-refractivity contribution in [2.75, 3.05) is 11.9 Å². The average Bonchev–Trinajstić information content (AvgIpc) is 2.48. The largest absolute Gasteiger partial charge is 0.375 e. The standard InChI is InChI=1S/C15H21N3O3/c19-18(20)13-5-4-9-16-14(13)17-12-6-10-21-15(11-12)7-2-1-3-8-15/h4-5,9,12H,1-3,6-8,10-11H2,(H,16,17). The van der Waals surface area contributed by atoms with E-state index in [1.807, 2.05) is 0 Å². The van der Waals surface area contributed by atoms with Crippen molar-refractivity contribution in [3.05, 3.63) is 28.4 Å². The van der Waals surface area contributed by atoms with Gasteiger partial charge in [-0.25, -0.2) is 4.98 Å². The molecule has 1 unspecified atom stereocenters. The zero-order valence-corrected chi connectivity index (χ0v) is 12.1. The highest BCUT2D eigenvalue weighted by Crippen LogP contribution is 2.39. The first-order valence-electron chi connectivity index (χ1n) is 7.68. The molecule has 114 valence electrons. The third-order valence-corrected chi connectivity index (χ3v) is 4.58. The minimum Gasteiger partial charge on any atom is -0.375 e. The lowest BCUT2D eigenvalue weighted by Gasteiger charge is -2.43. The number of hydrogen-bond acceptors (Lipinski definition) is 5. The van der Waals surface area contributed by atoms with Crippen molar-refractivity contribution in [2.24, 2.45) is 0 Å². The predicted molar refractivity (Wildman–Crippen MR) is 79.3 cm³/mol. The maximum atomic E-state index is 11.1. The number of nitrogens with one attached hydrogen (secondary N) is 1. The Kier molecular flexibility index (Phi) is 4.05. The van der Waals surface area contributed by atoms with E-state index in [-0.39, 0.29) is 22.3 Å². The summed E-state index contributed by atoms with van der Waals surface area (Å²) in [6.07, 6.45) is 9.31. The van der Waals surface area contributed by atoms with Gasteiger partial charge in [0.25, 0.3) is 0 Å². The van der Waals surface area contributed by atoms with E-state index < -0.39 is 0 Å². The summed E-state index contributed by atoms with van der Waals surface area (Å²) < 4.78 is 6.06. The SMILES string of the molecule is O=[N+]([O-])c1cccnc1NC1CCOC2(CCCCC2)C1. The highest BCUT2D eigenvalue weighted by Gasteiger charge is 2.38. The number of hydrogen-bond donors (Lipinski definition) is 1. The van der Waals surface area contributed by atoms with E-state index >= 15 is 0 Å². The first-order chi connectivity index (χ1) is 10.2. The minimum atomic E-state index is -0.384. The lowest BCUT2D eigenvalue weighted by molar-refractivity contribution is -0.384. The summed E-state index contributed by atoms with van der Waals surface area (Å²) in [6.45, 7) is 0.721. The zero-order chi connectivity index (χ0) is 14.7.